The molecule has 0 amide bonds. The maximum absolute atomic E-state index is 5.90. The van der Waals surface area contributed by atoms with Gasteiger partial charge in [-0.25, -0.2) is 4.98 Å². The Labute approximate surface area is 167 Å². The van der Waals surface area contributed by atoms with Gasteiger partial charge in [-0.3, -0.25) is 0 Å². The smallest absolute Gasteiger partial charge is 0.119 e. The number of aromatic nitrogens is 2. The van der Waals surface area contributed by atoms with Crippen molar-refractivity contribution in [3.05, 3.63) is 48.3 Å². The van der Waals surface area contributed by atoms with Gasteiger partial charge in [-0.2, -0.15) is 0 Å². The van der Waals surface area contributed by atoms with E-state index < -0.39 is 0 Å². The van der Waals surface area contributed by atoms with Crippen LogP contribution in [0.25, 0.3) is 22.2 Å². The standard InChI is InChI=1S/C24H31N3O/c1-18-22(11-12-23-24(18)27-17-26-23)20-7-9-21(10-8-20)28-16-15-25-14-13-19-5-3-2-4-6-19/h7-12,17,19,25H,2-6,13-16H2,1H3,(H,26,27). The van der Waals surface area contributed by atoms with E-state index in [1.807, 2.05) is 0 Å². The van der Waals surface area contributed by atoms with E-state index in [4.69, 9.17) is 4.74 Å². The van der Waals surface area contributed by atoms with E-state index in [9.17, 15) is 0 Å². The monoisotopic (exact) mass is 377 g/mol. The minimum Gasteiger partial charge on any atom is -0.492 e. The number of nitrogens with one attached hydrogen (secondary N) is 2. The second kappa shape index (κ2) is 9.24. The van der Waals surface area contributed by atoms with Crippen molar-refractivity contribution in [2.75, 3.05) is 19.7 Å². The third-order valence-electron chi connectivity index (χ3n) is 6.01. The number of benzene rings is 2. The quantitative estimate of drug-likeness (QED) is 0.511. The number of hydrogen-bond donors (Lipinski definition) is 2. The maximum atomic E-state index is 5.90. The summed E-state index contributed by atoms with van der Waals surface area (Å²) in [5.41, 5.74) is 5.74. The Morgan fingerprint density at radius 2 is 1.86 bits per heavy atom. The van der Waals surface area contributed by atoms with Gasteiger partial charge in [-0.1, -0.05) is 50.3 Å². The number of hydrogen-bond acceptors (Lipinski definition) is 3. The van der Waals surface area contributed by atoms with Crippen LogP contribution in [0.15, 0.2) is 42.7 Å². The largest absolute Gasteiger partial charge is 0.492 e. The molecule has 0 aliphatic heterocycles. The normalized spacial score (nSPS) is 15.2. The average molecular weight is 378 g/mol. The van der Waals surface area contributed by atoms with Crippen molar-refractivity contribution in [1.29, 1.82) is 0 Å². The minimum atomic E-state index is 0.711. The lowest BCUT2D eigenvalue weighted by Gasteiger charge is -2.21. The molecule has 1 fully saturated rings. The average Bonchev–Trinajstić information content (AvgIpc) is 3.22. The van der Waals surface area contributed by atoms with E-state index in [2.05, 4.69) is 58.6 Å². The highest BCUT2D eigenvalue weighted by atomic mass is 16.5. The minimum absolute atomic E-state index is 0.711. The van der Waals surface area contributed by atoms with Crippen LogP contribution in [0.4, 0.5) is 0 Å². The van der Waals surface area contributed by atoms with Crippen molar-refractivity contribution >= 4 is 11.0 Å². The zero-order valence-corrected chi connectivity index (χ0v) is 16.8. The van der Waals surface area contributed by atoms with Gasteiger partial charge < -0.3 is 15.0 Å². The summed E-state index contributed by atoms with van der Waals surface area (Å²) in [5, 5.41) is 3.53. The van der Waals surface area contributed by atoms with Gasteiger partial charge in [-0.15, -0.1) is 0 Å². The van der Waals surface area contributed by atoms with E-state index in [1.165, 1.54) is 55.2 Å². The van der Waals surface area contributed by atoms with Gasteiger partial charge in [-0.05, 0) is 60.7 Å². The molecule has 0 bridgehead atoms. The van der Waals surface area contributed by atoms with Gasteiger partial charge in [0, 0.05) is 6.54 Å². The predicted octanol–water partition coefficient (Wildman–Crippen LogP) is 5.48. The molecule has 4 rings (SSSR count). The molecule has 0 saturated heterocycles. The molecule has 1 aromatic heterocycles. The number of aromatic amines is 1. The Morgan fingerprint density at radius 1 is 1.04 bits per heavy atom. The van der Waals surface area contributed by atoms with Crippen molar-refractivity contribution < 1.29 is 4.74 Å². The number of nitrogens with zero attached hydrogens (tertiary/aromatic N) is 1. The molecule has 4 nitrogen and oxygen atoms in total. The van der Waals surface area contributed by atoms with Gasteiger partial charge in [0.15, 0.2) is 0 Å². The van der Waals surface area contributed by atoms with Gasteiger partial charge in [0.05, 0.1) is 17.4 Å². The Morgan fingerprint density at radius 3 is 2.68 bits per heavy atom. The van der Waals surface area contributed by atoms with Crippen LogP contribution >= 0.6 is 0 Å². The van der Waals surface area contributed by atoms with E-state index >= 15 is 0 Å². The predicted molar refractivity (Wildman–Crippen MR) is 116 cm³/mol. The summed E-state index contributed by atoms with van der Waals surface area (Å²) in [5.74, 6) is 1.87. The van der Waals surface area contributed by atoms with Crippen molar-refractivity contribution in [1.82, 2.24) is 15.3 Å². The van der Waals surface area contributed by atoms with Crippen molar-refractivity contribution in [3.8, 4) is 16.9 Å². The van der Waals surface area contributed by atoms with Gasteiger partial charge in [0.25, 0.3) is 0 Å². The van der Waals surface area contributed by atoms with Crippen LogP contribution in [0, 0.1) is 12.8 Å². The molecule has 2 N–H and O–H groups in total. The van der Waals surface area contributed by atoms with Crippen LogP contribution in [0.1, 0.15) is 44.1 Å². The Kier molecular flexibility index (Phi) is 6.27. The lowest BCUT2D eigenvalue weighted by molar-refractivity contribution is 0.301. The summed E-state index contributed by atoms with van der Waals surface area (Å²) in [6.07, 6.45) is 10.2. The molecule has 2 aromatic carbocycles. The first-order valence-electron chi connectivity index (χ1n) is 10.7. The molecule has 28 heavy (non-hydrogen) atoms. The molecule has 4 heteroatoms. The summed E-state index contributed by atoms with van der Waals surface area (Å²) in [7, 11) is 0. The van der Waals surface area contributed by atoms with Crippen molar-refractivity contribution in [2.24, 2.45) is 5.92 Å². The second-order valence-electron chi connectivity index (χ2n) is 7.95. The number of rotatable bonds is 8. The number of ether oxygens (including phenoxy) is 1. The lowest BCUT2D eigenvalue weighted by Crippen LogP contribution is -2.24. The topological polar surface area (TPSA) is 49.9 Å². The molecule has 1 saturated carbocycles. The molecule has 1 aliphatic rings. The highest BCUT2D eigenvalue weighted by Gasteiger charge is 2.12. The van der Waals surface area contributed by atoms with E-state index in [1.54, 1.807) is 6.33 Å². The first kappa shape index (κ1) is 19.0. The van der Waals surface area contributed by atoms with Gasteiger partial charge in [0.2, 0.25) is 0 Å². The number of aryl methyl sites for hydroxylation is 1. The number of fused-ring (bicyclic) bond motifs is 1. The van der Waals surface area contributed by atoms with Crippen molar-refractivity contribution in [2.45, 2.75) is 45.4 Å². The third-order valence-corrected chi connectivity index (χ3v) is 6.01. The molecule has 1 aliphatic carbocycles. The molecule has 0 radical (unpaired) electrons. The Bertz CT molecular complexity index is 879. The molecular formula is C24H31N3O. The second-order valence-corrected chi connectivity index (χ2v) is 7.95. The van der Waals surface area contributed by atoms with E-state index in [-0.39, 0.29) is 0 Å². The van der Waals surface area contributed by atoms with Crippen LogP contribution in [0.2, 0.25) is 0 Å². The molecule has 3 aromatic rings. The zero-order valence-electron chi connectivity index (χ0n) is 16.8. The van der Waals surface area contributed by atoms with Crippen LogP contribution in [0.3, 0.4) is 0 Å². The first-order valence-corrected chi connectivity index (χ1v) is 10.7. The third kappa shape index (κ3) is 4.56. The Hall–Kier alpha value is -2.33. The van der Waals surface area contributed by atoms with Gasteiger partial charge in [0.1, 0.15) is 12.4 Å². The SMILES string of the molecule is Cc1c(-c2ccc(OCCNCCC3CCCCC3)cc2)ccc2[nH]cnc12. The van der Waals surface area contributed by atoms with Gasteiger partial charge >= 0.3 is 0 Å². The molecule has 0 atom stereocenters. The lowest BCUT2D eigenvalue weighted by atomic mass is 9.87. The summed E-state index contributed by atoms with van der Waals surface area (Å²) >= 11 is 0. The maximum Gasteiger partial charge on any atom is 0.119 e. The zero-order chi connectivity index (χ0) is 19.2. The summed E-state index contributed by atoms with van der Waals surface area (Å²) in [4.78, 5) is 7.60. The van der Waals surface area contributed by atoms with Crippen molar-refractivity contribution in [3.63, 3.8) is 0 Å². The van der Waals surface area contributed by atoms with Crippen LogP contribution in [0.5, 0.6) is 5.75 Å². The summed E-state index contributed by atoms with van der Waals surface area (Å²) < 4.78 is 5.90. The fourth-order valence-corrected chi connectivity index (χ4v) is 4.34. The fourth-order valence-electron chi connectivity index (χ4n) is 4.34. The molecule has 0 spiro atoms. The Balaban J connectivity index is 1.23. The highest BCUT2D eigenvalue weighted by Crippen LogP contribution is 2.29. The van der Waals surface area contributed by atoms with E-state index in [0.29, 0.717) is 6.61 Å². The number of imidazole rings is 1. The molecule has 0 unspecified atom stereocenters. The van der Waals surface area contributed by atoms with E-state index in [0.717, 1.165) is 35.8 Å². The van der Waals surface area contributed by atoms with Crippen LogP contribution in [-0.4, -0.2) is 29.7 Å². The molecule has 148 valence electrons. The summed E-state index contributed by atoms with van der Waals surface area (Å²) in [6.45, 7) is 4.86. The summed E-state index contributed by atoms with van der Waals surface area (Å²) in [6, 6.07) is 12.6. The molecule has 1 heterocycles. The molecular weight excluding hydrogens is 346 g/mol. The van der Waals surface area contributed by atoms with Crippen LogP contribution in [-0.2, 0) is 0 Å². The number of H-pyrrole nitrogens is 1. The first-order chi connectivity index (χ1) is 13.8. The van der Waals surface area contributed by atoms with Crippen LogP contribution < -0.4 is 10.1 Å². The fraction of sp³-hybridized carbons (Fsp3) is 0.458. The highest BCUT2D eigenvalue weighted by molar-refractivity contribution is 5.86.